The summed E-state index contributed by atoms with van der Waals surface area (Å²) in [5.74, 6) is -0.736. The fraction of sp³-hybridized carbons (Fsp3) is 0.417. The van der Waals surface area contributed by atoms with Gasteiger partial charge in [-0.15, -0.1) is 0 Å². The highest BCUT2D eigenvalue weighted by Gasteiger charge is 2.15. The van der Waals surface area contributed by atoms with Crippen molar-refractivity contribution in [1.82, 2.24) is 0 Å². The number of carbonyl (C=O) groups excluding carboxylic acids is 1. The molecule has 0 saturated heterocycles. The van der Waals surface area contributed by atoms with Crippen LogP contribution in [-0.4, -0.2) is 28.1 Å². The fourth-order valence-electron chi connectivity index (χ4n) is 1.21. The van der Waals surface area contributed by atoms with Gasteiger partial charge in [-0.1, -0.05) is 0 Å². The highest BCUT2D eigenvalue weighted by atomic mass is 16.6. The number of nitrogens with zero attached hydrogens (tertiary/aromatic N) is 1. The molecule has 0 bridgehead atoms. The molecule has 19 heavy (non-hydrogen) atoms. The van der Waals surface area contributed by atoms with Gasteiger partial charge >= 0.3 is 0 Å². The normalized spacial score (nSPS) is 11.1. The van der Waals surface area contributed by atoms with E-state index in [4.69, 9.17) is 4.74 Å². The molecule has 0 aliphatic rings. The molecule has 0 atom stereocenters. The SMILES string of the molecule is CC(C)(C)OCC(=O)Nc1cc([N+](=O)[O-])ccc1O. The van der Waals surface area contributed by atoms with Gasteiger partial charge < -0.3 is 15.2 Å². The molecule has 0 fully saturated rings. The van der Waals surface area contributed by atoms with E-state index >= 15 is 0 Å². The number of carbonyl (C=O) groups is 1. The Morgan fingerprint density at radius 1 is 1.47 bits per heavy atom. The molecule has 1 rings (SSSR count). The van der Waals surface area contributed by atoms with E-state index in [1.165, 1.54) is 0 Å². The fourth-order valence-corrected chi connectivity index (χ4v) is 1.21. The molecule has 7 nitrogen and oxygen atoms in total. The molecule has 1 amide bonds. The van der Waals surface area contributed by atoms with Gasteiger partial charge in [0, 0.05) is 12.1 Å². The summed E-state index contributed by atoms with van der Waals surface area (Å²) in [5, 5.41) is 22.5. The van der Waals surface area contributed by atoms with Crippen LogP contribution in [0, 0.1) is 10.1 Å². The number of nitrogens with one attached hydrogen (secondary N) is 1. The summed E-state index contributed by atoms with van der Waals surface area (Å²) in [4.78, 5) is 21.6. The van der Waals surface area contributed by atoms with E-state index in [2.05, 4.69) is 5.32 Å². The number of hydrogen-bond donors (Lipinski definition) is 2. The van der Waals surface area contributed by atoms with Gasteiger partial charge in [0.2, 0.25) is 0 Å². The number of nitro groups is 1. The summed E-state index contributed by atoms with van der Waals surface area (Å²) in [6.07, 6.45) is 0. The van der Waals surface area contributed by atoms with Crippen LogP contribution in [0.2, 0.25) is 0 Å². The Bertz CT molecular complexity index is 493. The van der Waals surface area contributed by atoms with Gasteiger partial charge in [0.25, 0.3) is 11.6 Å². The maximum Gasteiger partial charge on any atom is 0.271 e. The zero-order chi connectivity index (χ0) is 14.6. The van der Waals surface area contributed by atoms with Gasteiger partial charge in [0.15, 0.2) is 0 Å². The van der Waals surface area contributed by atoms with Crippen molar-refractivity contribution in [3.8, 4) is 5.75 Å². The van der Waals surface area contributed by atoms with E-state index in [1.54, 1.807) is 20.8 Å². The van der Waals surface area contributed by atoms with Crippen molar-refractivity contribution in [2.45, 2.75) is 26.4 Å². The van der Waals surface area contributed by atoms with Gasteiger partial charge in [0.1, 0.15) is 12.4 Å². The number of ether oxygens (including phenoxy) is 1. The van der Waals surface area contributed by atoms with Crippen molar-refractivity contribution in [2.75, 3.05) is 11.9 Å². The zero-order valence-corrected chi connectivity index (χ0v) is 11.0. The molecule has 2 N–H and O–H groups in total. The number of hydrogen-bond acceptors (Lipinski definition) is 5. The second-order valence-corrected chi connectivity index (χ2v) is 4.91. The number of anilines is 1. The lowest BCUT2D eigenvalue weighted by Gasteiger charge is -2.19. The Kier molecular flexibility index (Phi) is 4.44. The Morgan fingerprint density at radius 2 is 2.11 bits per heavy atom. The number of amides is 1. The van der Waals surface area contributed by atoms with Crippen LogP contribution in [0.4, 0.5) is 11.4 Å². The van der Waals surface area contributed by atoms with Crippen LogP contribution in [-0.2, 0) is 9.53 Å². The Morgan fingerprint density at radius 3 is 2.63 bits per heavy atom. The number of phenolic OH excluding ortho intramolecular Hbond substituents is 1. The van der Waals surface area contributed by atoms with E-state index in [9.17, 15) is 20.0 Å². The third-order valence-electron chi connectivity index (χ3n) is 2.10. The maximum absolute atomic E-state index is 11.6. The van der Waals surface area contributed by atoms with E-state index in [0.29, 0.717) is 0 Å². The molecular formula is C12H16N2O5. The van der Waals surface area contributed by atoms with Crippen LogP contribution < -0.4 is 5.32 Å². The topological polar surface area (TPSA) is 102 Å². The van der Waals surface area contributed by atoms with E-state index < -0.39 is 16.4 Å². The van der Waals surface area contributed by atoms with Crippen molar-refractivity contribution in [3.05, 3.63) is 28.3 Å². The van der Waals surface area contributed by atoms with Crippen LogP contribution in [0.15, 0.2) is 18.2 Å². The molecule has 104 valence electrons. The number of non-ortho nitro benzene ring substituents is 1. The van der Waals surface area contributed by atoms with Crippen molar-refractivity contribution >= 4 is 17.3 Å². The molecule has 0 unspecified atom stereocenters. The van der Waals surface area contributed by atoms with Crippen molar-refractivity contribution in [3.63, 3.8) is 0 Å². The van der Waals surface area contributed by atoms with E-state index in [0.717, 1.165) is 18.2 Å². The monoisotopic (exact) mass is 268 g/mol. The van der Waals surface area contributed by atoms with Crippen LogP contribution >= 0.6 is 0 Å². The number of nitro benzene ring substituents is 1. The minimum absolute atomic E-state index is 0.0169. The molecule has 0 aromatic heterocycles. The summed E-state index contributed by atoms with van der Waals surface area (Å²) >= 11 is 0. The standard InChI is InChI=1S/C12H16N2O5/c1-12(2,3)19-7-11(16)13-9-6-8(14(17)18)4-5-10(9)15/h4-6,15H,7H2,1-3H3,(H,13,16). The molecule has 1 aromatic rings. The largest absolute Gasteiger partial charge is 0.506 e. The minimum atomic E-state index is -0.610. The highest BCUT2D eigenvalue weighted by Crippen LogP contribution is 2.27. The third-order valence-corrected chi connectivity index (χ3v) is 2.10. The zero-order valence-electron chi connectivity index (χ0n) is 11.0. The molecular weight excluding hydrogens is 252 g/mol. The second-order valence-electron chi connectivity index (χ2n) is 4.91. The van der Waals surface area contributed by atoms with Gasteiger partial charge in [-0.05, 0) is 26.8 Å². The predicted molar refractivity (Wildman–Crippen MR) is 69.1 cm³/mol. The molecule has 0 heterocycles. The first-order chi connectivity index (χ1) is 8.69. The van der Waals surface area contributed by atoms with Gasteiger partial charge in [-0.2, -0.15) is 0 Å². The lowest BCUT2D eigenvalue weighted by molar-refractivity contribution is -0.384. The number of phenols is 1. The number of rotatable bonds is 4. The molecule has 0 aliphatic carbocycles. The number of benzene rings is 1. The average Bonchev–Trinajstić information content (AvgIpc) is 2.28. The third kappa shape index (κ3) is 4.92. The lowest BCUT2D eigenvalue weighted by atomic mass is 10.2. The smallest absolute Gasteiger partial charge is 0.271 e. The maximum atomic E-state index is 11.6. The Balaban J connectivity index is 2.73. The Labute approximate surface area is 110 Å². The Hall–Kier alpha value is -2.15. The van der Waals surface area contributed by atoms with E-state index in [1.807, 2.05) is 0 Å². The summed E-state index contributed by atoms with van der Waals surface area (Å²) in [5.41, 5.74) is -0.705. The summed E-state index contributed by atoms with van der Waals surface area (Å²) in [7, 11) is 0. The molecule has 0 spiro atoms. The predicted octanol–water partition coefficient (Wildman–Crippen LogP) is 2.05. The first-order valence-corrected chi connectivity index (χ1v) is 5.60. The van der Waals surface area contributed by atoms with Gasteiger partial charge in [-0.3, -0.25) is 14.9 Å². The van der Waals surface area contributed by atoms with Gasteiger partial charge in [0.05, 0.1) is 16.2 Å². The molecule has 1 aromatic carbocycles. The second kappa shape index (κ2) is 5.66. The van der Waals surface area contributed by atoms with Crippen molar-refractivity contribution in [2.24, 2.45) is 0 Å². The van der Waals surface area contributed by atoms with Gasteiger partial charge in [-0.25, -0.2) is 0 Å². The summed E-state index contributed by atoms with van der Waals surface area (Å²) in [6, 6.07) is 3.39. The molecule has 0 aliphatic heterocycles. The van der Waals surface area contributed by atoms with Crippen molar-refractivity contribution in [1.29, 1.82) is 0 Å². The van der Waals surface area contributed by atoms with E-state index in [-0.39, 0.29) is 23.7 Å². The minimum Gasteiger partial charge on any atom is -0.506 e. The van der Waals surface area contributed by atoms with Crippen LogP contribution in [0.1, 0.15) is 20.8 Å². The molecule has 7 heteroatoms. The van der Waals surface area contributed by atoms with Crippen LogP contribution in [0.5, 0.6) is 5.75 Å². The van der Waals surface area contributed by atoms with Crippen LogP contribution in [0.3, 0.4) is 0 Å². The highest BCUT2D eigenvalue weighted by molar-refractivity contribution is 5.93. The van der Waals surface area contributed by atoms with Crippen molar-refractivity contribution < 1.29 is 19.6 Å². The summed E-state index contributed by atoms with van der Waals surface area (Å²) in [6.45, 7) is 5.19. The summed E-state index contributed by atoms with van der Waals surface area (Å²) < 4.78 is 5.25. The number of aromatic hydroxyl groups is 1. The average molecular weight is 268 g/mol. The lowest BCUT2D eigenvalue weighted by Crippen LogP contribution is -2.27. The molecule has 0 radical (unpaired) electrons. The van der Waals surface area contributed by atoms with Crippen LogP contribution in [0.25, 0.3) is 0 Å². The quantitative estimate of drug-likeness (QED) is 0.494. The first kappa shape index (κ1) is 14.9. The first-order valence-electron chi connectivity index (χ1n) is 5.60. The molecule has 0 saturated carbocycles.